The van der Waals surface area contributed by atoms with Gasteiger partial charge in [0, 0.05) is 18.3 Å². The Kier molecular flexibility index (Phi) is 4.60. The summed E-state index contributed by atoms with van der Waals surface area (Å²) in [6.45, 7) is 5.35. The molecule has 1 aromatic heterocycles. The monoisotopic (exact) mass is 346 g/mol. The van der Waals surface area contributed by atoms with Crippen molar-refractivity contribution in [3.63, 3.8) is 0 Å². The molecule has 6 heteroatoms. The number of pyridine rings is 1. The number of sulfonamides is 1. The molecule has 1 aromatic carbocycles. The lowest BCUT2D eigenvalue weighted by Crippen LogP contribution is -2.39. The molecule has 1 aliphatic rings. The van der Waals surface area contributed by atoms with Gasteiger partial charge >= 0.3 is 0 Å². The smallest absolute Gasteiger partial charge is 0.219 e. The fourth-order valence-electron chi connectivity index (χ4n) is 2.75. The van der Waals surface area contributed by atoms with Crippen molar-refractivity contribution in [2.24, 2.45) is 0 Å². The molecule has 0 amide bonds. The third-order valence-electron chi connectivity index (χ3n) is 4.17. The summed E-state index contributed by atoms with van der Waals surface area (Å²) in [4.78, 5) is 4.24. The van der Waals surface area contributed by atoms with Crippen LogP contribution in [0.15, 0.2) is 36.5 Å². The zero-order chi connectivity index (χ0) is 17.3. The molecule has 0 aliphatic heterocycles. The number of fused-ring (bicyclic) bond motifs is 1. The summed E-state index contributed by atoms with van der Waals surface area (Å²) < 4.78 is 32.6. The van der Waals surface area contributed by atoms with Crippen molar-refractivity contribution in [1.29, 1.82) is 0 Å². The fourth-order valence-corrected chi connectivity index (χ4v) is 3.65. The minimum atomic E-state index is -3.25. The number of aromatic nitrogens is 1. The van der Waals surface area contributed by atoms with E-state index in [9.17, 15) is 8.42 Å². The Morgan fingerprint density at radius 2 is 1.92 bits per heavy atom. The second kappa shape index (κ2) is 6.53. The third kappa shape index (κ3) is 3.76. The first-order valence-corrected chi connectivity index (χ1v) is 9.61. The molecule has 128 valence electrons. The van der Waals surface area contributed by atoms with Crippen LogP contribution < -0.4 is 9.46 Å². The van der Waals surface area contributed by atoms with E-state index < -0.39 is 15.3 Å². The van der Waals surface area contributed by atoms with Gasteiger partial charge in [0.25, 0.3) is 0 Å². The Balaban J connectivity index is 1.71. The van der Waals surface area contributed by atoms with E-state index in [1.165, 1.54) is 0 Å². The van der Waals surface area contributed by atoms with E-state index in [2.05, 4.69) is 9.71 Å². The Hall–Kier alpha value is -1.92. The van der Waals surface area contributed by atoms with Crippen LogP contribution in [0.3, 0.4) is 0 Å². The Bertz CT molecular complexity index is 830. The summed E-state index contributed by atoms with van der Waals surface area (Å²) in [5.74, 6) is 1.27. The van der Waals surface area contributed by atoms with E-state index in [4.69, 9.17) is 4.74 Å². The molecule has 24 heavy (non-hydrogen) atoms. The van der Waals surface area contributed by atoms with Crippen LogP contribution in [0.5, 0.6) is 11.6 Å². The average molecular weight is 346 g/mol. The van der Waals surface area contributed by atoms with Gasteiger partial charge < -0.3 is 4.74 Å². The zero-order valence-electron chi connectivity index (χ0n) is 14.1. The van der Waals surface area contributed by atoms with Crippen molar-refractivity contribution in [3.05, 3.63) is 53.2 Å². The topological polar surface area (TPSA) is 68.3 Å². The standard InChI is InChI=1S/C18H22N2O3S/c1-12(2)24(21,22)20-16-8-14-5-6-17(10-15(14)9-16)23-18-7-4-13(3)11-19-18/h4-7,10-12,16,20H,8-9H2,1-3H3/t16-/m0/s1. The predicted molar refractivity (Wildman–Crippen MR) is 93.9 cm³/mol. The van der Waals surface area contributed by atoms with Crippen LogP contribution in [0.4, 0.5) is 0 Å². The van der Waals surface area contributed by atoms with Crippen molar-refractivity contribution in [3.8, 4) is 11.6 Å². The van der Waals surface area contributed by atoms with Crippen molar-refractivity contribution in [2.45, 2.75) is 44.9 Å². The minimum Gasteiger partial charge on any atom is -0.439 e. The van der Waals surface area contributed by atoms with Gasteiger partial charge in [-0.2, -0.15) is 0 Å². The summed E-state index contributed by atoms with van der Waals surface area (Å²) in [6, 6.07) is 9.58. The highest BCUT2D eigenvalue weighted by Gasteiger charge is 2.27. The molecule has 0 fully saturated rings. The lowest BCUT2D eigenvalue weighted by Gasteiger charge is -2.14. The first-order chi connectivity index (χ1) is 11.3. The van der Waals surface area contributed by atoms with Gasteiger partial charge in [0.1, 0.15) is 5.75 Å². The largest absolute Gasteiger partial charge is 0.439 e. The number of hydrogen-bond acceptors (Lipinski definition) is 4. The molecule has 0 radical (unpaired) electrons. The van der Waals surface area contributed by atoms with E-state index in [0.717, 1.165) is 22.4 Å². The van der Waals surface area contributed by atoms with Crippen molar-refractivity contribution >= 4 is 10.0 Å². The summed E-state index contributed by atoms with van der Waals surface area (Å²) >= 11 is 0. The van der Waals surface area contributed by atoms with Crippen LogP contribution in [-0.4, -0.2) is 24.7 Å². The van der Waals surface area contributed by atoms with Gasteiger partial charge in [-0.1, -0.05) is 12.1 Å². The van der Waals surface area contributed by atoms with E-state index >= 15 is 0 Å². The van der Waals surface area contributed by atoms with Gasteiger partial charge in [0.15, 0.2) is 0 Å². The second-order valence-corrected chi connectivity index (χ2v) is 8.79. The van der Waals surface area contributed by atoms with Gasteiger partial charge in [0.05, 0.1) is 5.25 Å². The molecule has 0 unspecified atom stereocenters. The van der Waals surface area contributed by atoms with Crippen molar-refractivity contribution in [2.75, 3.05) is 0 Å². The maximum Gasteiger partial charge on any atom is 0.219 e. The van der Waals surface area contributed by atoms with Gasteiger partial charge in [-0.15, -0.1) is 0 Å². The molecule has 2 aromatic rings. The zero-order valence-corrected chi connectivity index (χ0v) is 14.9. The molecule has 1 N–H and O–H groups in total. The first kappa shape index (κ1) is 16.9. The summed E-state index contributed by atoms with van der Waals surface area (Å²) in [7, 11) is -3.25. The SMILES string of the molecule is Cc1ccc(Oc2ccc3c(c2)C[C@@H](NS(=O)(=O)C(C)C)C3)nc1. The fraction of sp³-hybridized carbons (Fsp3) is 0.389. The summed E-state index contributed by atoms with van der Waals surface area (Å²) in [6.07, 6.45) is 3.16. The van der Waals surface area contributed by atoms with Gasteiger partial charge in [-0.05, 0) is 62.4 Å². The highest BCUT2D eigenvalue weighted by Crippen LogP contribution is 2.29. The highest BCUT2D eigenvalue weighted by atomic mass is 32.2. The van der Waals surface area contributed by atoms with Crippen LogP contribution in [0.25, 0.3) is 0 Å². The number of nitrogens with zero attached hydrogens (tertiary/aromatic N) is 1. The van der Waals surface area contributed by atoms with Crippen LogP contribution >= 0.6 is 0 Å². The van der Waals surface area contributed by atoms with Gasteiger partial charge in [-0.25, -0.2) is 18.1 Å². The molecule has 0 saturated carbocycles. The average Bonchev–Trinajstić information content (AvgIpc) is 2.90. The molecule has 5 nitrogen and oxygen atoms in total. The molecule has 1 aliphatic carbocycles. The van der Waals surface area contributed by atoms with E-state index in [1.54, 1.807) is 20.0 Å². The summed E-state index contributed by atoms with van der Waals surface area (Å²) in [5.41, 5.74) is 3.36. The molecule has 0 bridgehead atoms. The number of nitrogens with one attached hydrogen (secondary N) is 1. The minimum absolute atomic E-state index is 0.0832. The van der Waals surface area contributed by atoms with Crippen molar-refractivity contribution < 1.29 is 13.2 Å². The van der Waals surface area contributed by atoms with Crippen LogP contribution in [0.2, 0.25) is 0 Å². The highest BCUT2D eigenvalue weighted by molar-refractivity contribution is 7.90. The lowest BCUT2D eigenvalue weighted by molar-refractivity contribution is 0.462. The third-order valence-corrected chi connectivity index (χ3v) is 6.07. The van der Waals surface area contributed by atoms with Crippen LogP contribution in [0.1, 0.15) is 30.5 Å². The molecule has 1 atom stereocenters. The van der Waals surface area contributed by atoms with Gasteiger partial charge in [-0.3, -0.25) is 0 Å². The number of aryl methyl sites for hydroxylation is 1. The maximum atomic E-state index is 12.0. The Morgan fingerprint density at radius 1 is 1.17 bits per heavy atom. The number of rotatable bonds is 5. The van der Waals surface area contributed by atoms with E-state index in [0.29, 0.717) is 18.7 Å². The first-order valence-electron chi connectivity index (χ1n) is 8.07. The normalized spacial score (nSPS) is 17.1. The molecule has 0 saturated heterocycles. The van der Waals surface area contributed by atoms with Gasteiger partial charge in [0.2, 0.25) is 15.9 Å². The second-order valence-electron chi connectivity index (χ2n) is 6.52. The molecule has 3 rings (SSSR count). The number of benzene rings is 1. The Labute approximate surface area is 143 Å². The maximum absolute atomic E-state index is 12.0. The number of ether oxygens (including phenoxy) is 1. The van der Waals surface area contributed by atoms with Crippen molar-refractivity contribution in [1.82, 2.24) is 9.71 Å². The van der Waals surface area contributed by atoms with E-state index in [-0.39, 0.29) is 6.04 Å². The number of hydrogen-bond donors (Lipinski definition) is 1. The summed E-state index contributed by atoms with van der Waals surface area (Å²) in [5, 5.41) is -0.423. The molecular formula is C18H22N2O3S. The predicted octanol–water partition coefficient (Wildman–Crippen LogP) is 2.98. The quantitative estimate of drug-likeness (QED) is 0.904. The Morgan fingerprint density at radius 3 is 2.58 bits per heavy atom. The molecular weight excluding hydrogens is 324 g/mol. The van der Waals surface area contributed by atoms with Crippen LogP contribution in [0, 0.1) is 6.92 Å². The lowest BCUT2D eigenvalue weighted by atomic mass is 10.1. The molecule has 0 spiro atoms. The molecule has 1 heterocycles. The van der Waals surface area contributed by atoms with E-state index in [1.807, 2.05) is 37.3 Å². The van der Waals surface area contributed by atoms with Crippen LogP contribution in [-0.2, 0) is 22.9 Å².